The van der Waals surface area contributed by atoms with Crippen LogP contribution in [0.25, 0.3) is 0 Å². The van der Waals surface area contributed by atoms with E-state index < -0.39 is 0 Å². The summed E-state index contributed by atoms with van der Waals surface area (Å²) in [7, 11) is 0. The molecule has 0 aromatic heterocycles. The molecule has 1 aliphatic rings. The standard InChI is InChI=1S/C24H30N2O3S/c1-5-25(6-2)15-19(27)17-9-11-23-21(13-17)29-22-14-18(10-12-24(22)30-23)20(28)16-26(7-3)8-4/h9-14H,5-8,15-16H2,1-4H3. The predicted molar refractivity (Wildman–Crippen MR) is 121 cm³/mol. The Morgan fingerprint density at radius 2 is 1.13 bits per heavy atom. The van der Waals surface area contributed by atoms with Crippen LogP contribution >= 0.6 is 11.8 Å². The van der Waals surface area contributed by atoms with Crippen molar-refractivity contribution >= 4 is 23.3 Å². The van der Waals surface area contributed by atoms with Crippen molar-refractivity contribution in [2.24, 2.45) is 0 Å². The number of benzene rings is 2. The third kappa shape index (κ3) is 5.12. The number of fused-ring (bicyclic) bond motifs is 2. The highest BCUT2D eigenvalue weighted by atomic mass is 32.2. The molecule has 0 amide bonds. The van der Waals surface area contributed by atoms with Gasteiger partial charge in [-0.1, -0.05) is 39.5 Å². The number of ether oxygens (including phenoxy) is 1. The molecule has 0 atom stereocenters. The molecule has 0 saturated carbocycles. The van der Waals surface area contributed by atoms with E-state index in [9.17, 15) is 9.59 Å². The maximum atomic E-state index is 12.7. The molecule has 0 fully saturated rings. The third-order valence-corrected chi connectivity index (χ3v) is 6.61. The van der Waals surface area contributed by atoms with Gasteiger partial charge in [-0.2, -0.15) is 0 Å². The Kier molecular flexibility index (Phi) is 7.69. The topological polar surface area (TPSA) is 49.9 Å². The second-order valence-corrected chi connectivity index (χ2v) is 8.38. The summed E-state index contributed by atoms with van der Waals surface area (Å²) in [5, 5.41) is 0. The molecule has 30 heavy (non-hydrogen) atoms. The molecule has 0 N–H and O–H groups in total. The van der Waals surface area contributed by atoms with E-state index in [1.54, 1.807) is 11.8 Å². The van der Waals surface area contributed by atoms with Crippen LogP contribution in [0, 0.1) is 0 Å². The molecule has 160 valence electrons. The molecule has 0 bridgehead atoms. The number of ketones is 2. The summed E-state index contributed by atoms with van der Waals surface area (Å²) in [6.07, 6.45) is 0. The van der Waals surface area contributed by atoms with E-state index in [1.165, 1.54) is 0 Å². The lowest BCUT2D eigenvalue weighted by Crippen LogP contribution is -2.29. The summed E-state index contributed by atoms with van der Waals surface area (Å²) in [6.45, 7) is 12.4. The maximum Gasteiger partial charge on any atom is 0.176 e. The first-order valence-corrected chi connectivity index (χ1v) is 11.5. The van der Waals surface area contributed by atoms with Crippen LogP contribution < -0.4 is 4.74 Å². The van der Waals surface area contributed by atoms with Crippen LogP contribution in [0.4, 0.5) is 0 Å². The lowest BCUT2D eigenvalue weighted by atomic mass is 10.1. The first kappa shape index (κ1) is 22.5. The number of nitrogens with zero attached hydrogens (tertiary/aromatic N) is 2. The molecule has 1 aliphatic heterocycles. The van der Waals surface area contributed by atoms with E-state index in [-0.39, 0.29) is 11.6 Å². The first-order valence-electron chi connectivity index (χ1n) is 10.6. The number of carbonyl (C=O) groups is 2. The van der Waals surface area contributed by atoms with Gasteiger partial charge >= 0.3 is 0 Å². The van der Waals surface area contributed by atoms with Gasteiger partial charge in [-0.25, -0.2) is 0 Å². The largest absolute Gasteiger partial charge is 0.455 e. The summed E-state index contributed by atoms with van der Waals surface area (Å²) in [5.74, 6) is 1.52. The summed E-state index contributed by atoms with van der Waals surface area (Å²) < 4.78 is 6.12. The highest BCUT2D eigenvalue weighted by Crippen LogP contribution is 2.47. The van der Waals surface area contributed by atoms with Crippen molar-refractivity contribution < 1.29 is 14.3 Å². The zero-order valence-electron chi connectivity index (χ0n) is 18.2. The number of carbonyl (C=O) groups excluding carboxylic acids is 2. The maximum absolute atomic E-state index is 12.7. The van der Waals surface area contributed by atoms with Crippen LogP contribution in [-0.4, -0.2) is 60.6 Å². The average Bonchev–Trinajstić information content (AvgIpc) is 2.78. The van der Waals surface area contributed by atoms with Gasteiger partial charge in [0, 0.05) is 11.1 Å². The number of likely N-dealkylation sites (N-methyl/N-ethyl adjacent to an activating group) is 2. The Morgan fingerprint density at radius 3 is 1.50 bits per heavy atom. The smallest absolute Gasteiger partial charge is 0.176 e. The lowest BCUT2D eigenvalue weighted by molar-refractivity contribution is 0.0930. The summed E-state index contributed by atoms with van der Waals surface area (Å²) >= 11 is 1.60. The van der Waals surface area contributed by atoms with E-state index >= 15 is 0 Å². The molecule has 2 aromatic carbocycles. The first-order chi connectivity index (χ1) is 14.5. The highest BCUT2D eigenvalue weighted by molar-refractivity contribution is 7.99. The summed E-state index contributed by atoms with van der Waals surface area (Å²) in [5.41, 5.74) is 1.30. The lowest BCUT2D eigenvalue weighted by Gasteiger charge is -2.22. The van der Waals surface area contributed by atoms with E-state index in [0.717, 1.165) is 36.0 Å². The van der Waals surface area contributed by atoms with Crippen LogP contribution in [0.3, 0.4) is 0 Å². The zero-order chi connectivity index (χ0) is 21.7. The van der Waals surface area contributed by atoms with Crippen molar-refractivity contribution in [3.63, 3.8) is 0 Å². The van der Waals surface area contributed by atoms with Crippen molar-refractivity contribution in [1.82, 2.24) is 9.80 Å². The summed E-state index contributed by atoms with van der Waals surface area (Å²) in [6, 6.07) is 11.3. The van der Waals surface area contributed by atoms with Gasteiger partial charge in [0.25, 0.3) is 0 Å². The van der Waals surface area contributed by atoms with Crippen molar-refractivity contribution in [3.8, 4) is 11.5 Å². The number of rotatable bonds is 10. The van der Waals surface area contributed by atoms with Crippen molar-refractivity contribution in [1.29, 1.82) is 0 Å². The van der Waals surface area contributed by atoms with Gasteiger partial charge in [-0.3, -0.25) is 19.4 Å². The molecular weight excluding hydrogens is 396 g/mol. The molecular formula is C24H30N2O3S. The molecule has 0 aliphatic carbocycles. The highest BCUT2D eigenvalue weighted by Gasteiger charge is 2.22. The van der Waals surface area contributed by atoms with Crippen LogP contribution in [0.2, 0.25) is 0 Å². The number of hydrogen-bond donors (Lipinski definition) is 0. The molecule has 6 heteroatoms. The Morgan fingerprint density at radius 1 is 0.733 bits per heavy atom. The summed E-state index contributed by atoms with van der Waals surface area (Å²) in [4.78, 5) is 31.5. The molecule has 3 rings (SSSR count). The van der Waals surface area contributed by atoms with Crippen molar-refractivity contribution in [3.05, 3.63) is 47.5 Å². The minimum absolute atomic E-state index is 0.0871. The molecule has 0 spiro atoms. The van der Waals surface area contributed by atoms with Crippen LogP contribution in [-0.2, 0) is 0 Å². The minimum atomic E-state index is 0.0871. The Labute approximate surface area is 183 Å². The fourth-order valence-corrected chi connectivity index (χ4v) is 4.32. The van der Waals surface area contributed by atoms with E-state index in [1.807, 2.05) is 36.4 Å². The fourth-order valence-electron chi connectivity index (χ4n) is 3.41. The molecule has 0 saturated heterocycles. The van der Waals surface area contributed by atoms with Crippen molar-refractivity contribution in [2.45, 2.75) is 37.5 Å². The van der Waals surface area contributed by atoms with Crippen LogP contribution in [0.5, 0.6) is 11.5 Å². The molecule has 1 heterocycles. The third-order valence-electron chi connectivity index (χ3n) is 5.49. The van der Waals surface area contributed by atoms with Gasteiger partial charge < -0.3 is 4.74 Å². The van der Waals surface area contributed by atoms with Gasteiger partial charge in [0.05, 0.1) is 22.9 Å². The minimum Gasteiger partial charge on any atom is -0.455 e. The second-order valence-electron chi connectivity index (χ2n) is 7.30. The monoisotopic (exact) mass is 426 g/mol. The number of hydrogen-bond acceptors (Lipinski definition) is 6. The van der Waals surface area contributed by atoms with Crippen LogP contribution in [0.15, 0.2) is 46.2 Å². The second kappa shape index (κ2) is 10.2. The van der Waals surface area contributed by atoms with Gasteiger partial charge in [-0.05, 0) is 62.6 Å². The van der Waals surface area contributed by atoms with E-state index in [0.29, 0.717) is 35.7 Å². The van der Waals surface area contributed by atoms with Gasteiger partial charge in [0.2, 0.25) is 0 Å². The normalized spacial score (nSPS) is 12.5. The zero-order valence-corrected chi connectivity index (χ0v) is 19.1. The van der Waals surface area contributed by atoms with Gasteiger partial charge in [-0.15, -0.1) is 0 Å². The average molecular weight is 427 g/mol. The molecule has 2 aromatic rings. The Bertz CT molecular complexity index is 847. The number of Topliss-reactive ketones (excluding diaryl/α,β-unsaturated/α-hetero) is 2. The Balaban J connectivity index is 1.78. The predicted octanol–water partition coefficient (Wildman–Crippen LogP) is 4.99. The molecule has 5 nitrogen and oxygen atoms in total. The van der Waals surface area contributed by atoms with Gasteiger partial charge in [0.15, 0.2) is 11.6 Å². The quantitative estimate of drug-likeness (QED) is 0.426. The SMILES string of the molecule is CCN(CC)CC(=O)c1ccc2c(c1)Oc1cc(C(=O)CN(CC)CC)ccc1S2. The Hall–Kier alpha value is -2.15. The molecule has 0 unspecified atom stereocenters. The van der Waals surface area contributed by atoms with E-state index in [4.69, 9.17) is 4.74 Å². The van der Waals surface area contributed by atoms with Crippen molar-refractivity contribution in [2.75, 3.05) is 39.3 Å². The van der Waals surface area contributed by atoms with E-state index in [2.05, 4.69) is 37.5 Å². The fraction of sp³-hybridized carbons (Fsp3) is 0.417. The molecule has 0 radical (unpaired) electrons. The van der Waals surface area contributed by atoms with Gasteiger partial charge in [0.1, 0.15) is 11.5 Å². The van der Waals surface area contributed by atoms with Crippen LogP contribution in [0.1, 0.15) is 48.4 Å².